The van der Waals surface area contributed by atoms with E-state index in [9.17, 15) is 13.2 Å². The number of ether oxygens (including phenoxy) is 1. The third-order valence-corrected chi connectivity index (χ3v) is 7.84. The van der Waals surface area contributed by atoms with Crippen LogP contribution in [0.3, 0.4) is 0 Å². The van der Waals surface area contributed by atoms with Crippen LogP contribution in [0.15, 0.2) is 126 Å². The van der Waals surface area contributed by atoms with Crippen LogP contribution in [-0.4, -0.2) is 38.2 Å². The van der Waals surface area contributed by atoms with Gasteiger partial charge in [0.2, 0.25) is 0 Å². The van der Waals surface area contributed by atoms with Gasteiger partial charge in [0.1, 0.15) is 5.54 Å². The van der Waals surface area contributed by atoms with E-state index in [4.69, 9.17) is 9.73 Å². The first kappa shape index (κ1) is 27.0. The Balaban J connectivity index is 2.09. The number of rotatable bonds is 10. The van der Waals surface area contributed by atoms with Crippen molar-refractivity contribution >= 4 is 21.5 Å². The highest BCUT2D eigenvalue weighted by atomic mass is 32.2. The number of carbonyl (C=O) groups excluding carboxylic acids is 1. The molecule has 0 aromatic heterocycles. The SMILES string of the molecule is CCOC(=O)C(CC(N=C(c1ccccc1)c1ccccc1)(c1ccccc1)c1ccccc1)S(C)(=O)=O. The van der Waals surface area contributed by atoms with Crippen molar-refractivity contribution in [2.24, 2.45) is 4.99 Å². The van der Waals surface area contributed by atoms with Gasteiger partial charge < -0.3 is 4.74 Å². The molecule has 1 atom stereocenters. The van der Waals surface area contributed by atoms with Crippen LogP contribution in [0.25, 0.3) is 0 Å². The molecule has 0 radical (unpaired) electrons. The predicted octanol–water partition coefficient (Wildman–Crippen LogP) is 5.83. The number of carbonyl (C=O) groups is 1. The Bertz CT molecular complexity index is 1390. The molecule has 0 aliphatic heterocycles. The van der Waals surface area contributed by atoms with Gasteiger partial charge in [-0.15, -0.1) is 0 Å². The number of hydrogen-bond acceptors (Lipinski definition) is 5. The second-order valence-corrected chi connectivity index (χ2v) is 11.3. The van der Waals surface area contributed by atoms with Crippen molar-refractivity contribution < 1.29 is 17.9 Å². The van der Waals surface area contributed by atoms with Crippen molar-refractivity contribution in [2.45, 2.75) is 24.1 Å². The lowest BCUT2D eigenvalue weighted by molar-refractivity contribution is -0.142. The molecule has 0 saturated heterocycles. The van der Waals surface area contributed by atoms with E-state index in [0.29, 0.717) is 5.71 Å². The van der Waals surface area contributed by atoms with Crippen molar-refractivity contribution in [3.05, 3.63) is 144 Å². The summed E-state index contributed by atoms with van der Waals surface area (Å²) in [5.41, 5.74) is 2.77. The number of aliphatic imine (C=N–C) groups is 1. The summed E-state index contributed by atoms with van der Waals surface area (Å²) in [6.07, 6.45) is 0.955. The molecule has 0 heterocycles. The summed E-state index contributed by atoms with van der Waals surface area (Å²) < 4.78 is 31.4. The minimum Gasteiger partial charge on any atom is -0.465 e. The van der Waals surface area contributed by atoms with Crippen LogP contribution < -0.4 is 0 Å². The fourth-order valence-electron chi connectivity index (χ4n) is 4.60. The van der Waals surface area contributed by atoms with E-state index in [2.05, 4.69) is 0 Å². The van der Waals surface area contributed by atoms with Gasteiger partial charge in [-0.3, -0.25) is 9.79 Å². The Morgan fingerprint density at radius 3 is 1.50 bits per heavy atom. The Morgan fingerprint density at radius 2 is 1.13 bits per heavy atom. The Kier molecular flexibility index (Phi) is 8.54. The van der Waals surface area contributed by atoms with Gasteiger partial charge in [-0.25, -0.2) is 8.42 Å². The number of benzene rings is 4. The summed E-state index contributed by atoms with van der Waals surface area (Å²) in [4.78, 5) is 18.5. The molecule has 1 unspecified atom stereocenters. The topological polar surface area (TPSA) is 72.8 Å². The summed E-state index contributed by atoms with van der Waals surface area (Å²) >= 11 is 0. The minimum absolute atomic E-state index is 0.0804. The molecule has 4 aromatic carbocycles. The lowest BCUT2D eigenvalue weighted by atomic mass is 9.79. The first-order valence-electron chi connectivity index (χ1n) is 12.5. The van der Waals surface area contributed by atoms with Crippen LogP contribution in [0.4, 0.5) is 0 Å². The van der Waals surface area contributed by atoms with E-state index in [-0.39, 0.29) is 13.0 Å². The van der Waals surface area contributed by atoms with E-state index in [0.717, 1.165) is 28.5 Å². The molecule has 194 valence electrons. The van der Waals surface area contributed by atoms with E-state index >= 15 is 0 Å². The van der Waals surface area contributed by atoms with Gasteiger partial charge >= 0.3 is 5.97 Å². The van der Waals surface area contributed by atoms with Crippen molar-refractivity contribution in [3.63, 3.8) is 0 Å². The van der Waals surface area contributed by atoms with Gasteiger partial charge in [-0.05, 0) is 18.1 Å². The molecule has 0 bridgehead atoms. The Labute approximate surface area is 224 Å². The van der Waals surface area contributed by atoms with Crippen molar-refractivity contribution in [1.82, 2.24) is 0 Å². The maximum atomic E-state index is 13.1. The van der Waals surface area contributed by atoms with Gasteiger partial charge in [0, 0.05) is 23.8 Å². The predicted molar refractivity (Wildman–Crippen MR) is 152 cm³/mol. The molecule has 0 fully saturated rings. The molecule has 0 aliphatic rings. The summed E-state index contributed by atoms with van der Waals surface area (Å²) in [6, 6.07) is 38.6. The summed E-state index contributed by atoms with van der Waals surface area (Å²) in [5.74, 6) is -0.776. The fourth-order valence-corrected chi connectivity index (χ4v) is 5.56. The van der Waals surface area contributed by atoms with Gasteiger partial charge in [0.15, 0.2) is 15.1 Å². The highest BCUT2D eigenvalue weighted by Crippen LogP contribution is 2.41. The summed E-state index contributed by atoms with van der Waals surface area (Å²) in [5, 5.41) is -1.42. The molecule has 0 saturated carbocycles. The molecule has 0 aliphatic carbocycles. The normalized spacial score (nSPS) is 12.4. The Hall–Kier alpha value is -4.03. The zero-order valence-electron chi connectivity index (χ0n) is 21.5. The first-order chi connectivity index (χ1) is 18.3. The van der Waals surface area contributed by atoms with Crippen LogP contribution in [0.1, 0.15) is 35.6 Å². The van der Waals surface area contributed by atoms with Gasteiger partial charge in [-0.1, -0.05) is 121 Å². The third kappa shape index (κ3) is 6.09. The van der Waals surface area contributed by atoms with E-state index in [1.54, 1.807) is 6.92 Å². The van der Waals surface area contributed by atoms with Crippen LogP contribution in [0.5, 0.6) is 0 Å². The molecule has 4 rings (SSSR count). The average molecular weight is 526 g/mol. The lowest BCUT2D eigenvalue weighted by Gasteiger charge is -2.34. The minimum atomic E-state index is -3.84. The molecule has 4 aromatic rings. The summed E-state index contributed by atoms with van der Waals surface area (Å²) in [7, 11) is -3.84. The maximum absolute atomic E-state index is 13.1. The standard InChI is InChI=1S/C32H31NO4S/c1-3-37-31(34)29(38(2,35)36)24-32(27-20-12-6-13-21-27,28-22-14-7-15-23-28)33-30(25-16-8-4-9-17-25)26-18-10-5-11-19-26/h4-23,29H,3,24H2,1-2H3. The highest BCUT2D eigenvalue weighted by Gasteiger charge is 2.43. The number of hydrogen-bond donors (Lipinski definition) is 0. The van der Waals surface area contributed by atoms with Crippen molar-refractivity contribution in [1.29, 1.82) is 0 Å². The average Bonchev–Trinajstić information content (AvgIpc) is 2.95. The molecule has 0 spiro atoms. The van der Waals surface area contributed by atoms with Crippen LogP contribution in [-0.2, 0) is 24.9 Å². The lowest BCUT2D eigenvalue weighted by Crippen LogP contribution is -2.40. The molecule has 0 amide bonds. The van der Waals surface area contributed by atoms with Gasteiger partial charge in [-0.2, -0.15) is 0 Å². The first-order valence-corrected chi connectivity index (χ1v) is 14.5. The number of nitrogens with zero attached hydrogens (tertiary/aromatic N) is 1. The number of esters is 1. The Morgan fingerprint density at radius 1 is 0.737 bits per heavy atom. The summed E-state index contributed by atoms with van der Waals surface area (Å²) in [6.45, 7) is 1.75. The monoisotopic (exact) mass is 525 g/mol. The van der Waals surface area contributed by atoms with Gasteiger partial charge in [0.05, 0.1) is 12.3 Å². The van der Waals surface area contributed by atoms with Crippen molar-refractivity contribution in [3.8, 4) is 0 Å². The quantitative estimate of drug-likeness (QED) is 0.193. The molecular weight excluding hydrogens is 494 g/mol. The largest absolute Gasteiger partial charge is 0.465 e. The molecule has 38 heavy (non-hydrogen) atoms. The van der Waals surface area contributed by atoms with E-state index < -0.39 is 26.6 Å². The number of sulfone groups is 1. The van der Waals surface area contributed by atoms with Crippen molar-refractivity contribution in [2.75, 3.05) is 12.9 Å². The fraction of sp³-hybridized carbons (Fsp3) is 0.188. The second kappa shape index (κ2) is 12.0. The highest BCUT2D eigenvalue weighted by molar-refractivity contribution is 7.92. The van der Waals surface area contributed by atoms with E-state index in [1.165, 1.54) is 0 Å². The van der Waals surface area contributed by atoms with Crippen LogP contribution in [0.2, 0.25) is 0 Å². The molecule has 5 nitrogen and oxygen atoms in total. The van der Waals surface area contributed by atoms with Crippen LogP contribution >= 0.6 is 0 Å². The third-order valence-electron chi connectivity index (χ3n) is 6.45. The molecular formula is C32H31NO4S. The molecule has 6 heteroatoms. The smallest absolute Gasteiger partial charge is 0.324 e. The second-order valence-electron chi connectivity index (χ2n) is 9.06. The zero-order chi connectivity index (χ0) is 27.0. The van der Waals surface area contributed by atoms with E-state index in [1.807, 2.05) is 121 Å². The maximum Gasteiger partial charge on any atom is 0.324 e. The van der Waals surface area contributed by atoms with Crippen LogP contribution in [0, 0.1) is 0 Å². The molecule has 0 N–H and O–H groups in total. The van der Waals surface area contributed by atoms with Gasteiger partial charge in [0.25, 0.3) is 0 Å². The zero-order valence-corrected chi connectivity index (χ0v) is 22.3.